The van der Waals surface area contributed by atoms with Crippen LogP contribution in [0.5, 0.6) is 0 Å². The zero-order valence-electron chi connectivity index (χ0n) is 19.6. The minimum Gasteiger partial charge on any atom is -0.338 e. The molecule has 4 rings (SSSR count). The number of carbonyl (C=O) groups is 1. The van der Waals surface area contributed by atoms with Crippen molar-refractivity contribution >= 4 is 11.6 Å². The average Bonchev–Trinajstić information content (AvgIpc) is 3.22. The van der Waals surface area contributed by atoms with E-state index in [-0.39, 0.29) is 22.4 Å². The molecule has 176 valence electrons. The molecule has 0 spiro atoms. The van der Waals surface area contributed by atoms with Crippen molar-refractivity contribution in [3.63, 3.8) is 0 Å². The van der Waals surface area contributed by atoms with Crippen molar-refractivity contribution in [2.75, 3.05) is 19.6 Å². The van der Waals surface area contributed by atoms with Crippen molar-refractivity contribution in [1.82, 2.24) is 14.8 Å². The molecule has 2 heterocycles. The number of carbonyl (C=O) groups excluding carboxylic acids is 1. The molecule has 0 saturated carbocycles. The molecule has 1 aromatic heterocycles. The van der Waals surface area contributed by atoms with Gasteiger partial charge in [-0.15, -0.1) is 0 Å². The molecule has 0 N–H and O–H groups in total. The van der Waals surface area contributed by atoms with Crippen LogP contribution >= 0.6 is 0 Å². The number of amides is 1. The maximum Gasteiger partial charge on any atom is 0.269 e. The second-order valence-corrected chi connectivity index (χ2v) is 9.16. The molecule has 1 aliphatic heterocycles. The Kier molecular flexibility index (Phi) is 7.33. The van der Waals surface area contributed by atoms with Crippen LogP contribution in [-0.2, 0) is 17.9 Å². The SMILES string of the molecule is CC(=O)N(Cc1cccnc1)CC1CN(Cc2ccc([N+](=O)[O-])cc2)CC1c1ccc(C)cc1. The largest absolute Gasteiger partial charge is 0.338 e. The number of pyridine rings is 1. The fraction of sp³-hybridized carbons (Fsp3) is 0.333. The van der Waals surface area contributed by atoms with Gasteiger partial charge in [0.05, 0.1) is 4.92 Å². The Hall–Kier alpha value is -3.58. The van der Waals surface area contributed by atoms with Gasteiger partial charge < -0.3 is 4.90 Å². The molecule has 0 radical (unpaired) electrons. The first kappa shape index (κ1) is 23.6. The molecule has 2 unspecified atom stereocenters. The first-order valence-electron chi connectivity index (χ1n) is 11.6. The number of benzene rings is 2. The summed E-state index contributed by atoms with van der Waals surface area (Å²) in [5, 5.41) is 11.0. The van der Waals surface area contributed by atoms with Crippen LogP contribution in [0.15, 0.2) is 73.1 Å². The lowest BCUT2D eigenvalue weighted by Gasteiger charge is -2.28. The predicted molar refractivity (Wildman–Crippen MR) is 131 cm³/mol. The van der Waals surface area contributed by atoms with Gasteiger partial charge in [-0.05, 0) is 35.6 Å². The van der Waals surface area contributed by atoms with Gasteiger partial charge in [-0.1, -0.05) is 48.0 Å². The monoisotopic (exact) mass is 458 g/mol. The van der Waals surface area contributed by atoms with Crippen LogP contribution in [0.2, 0.25) is 0 Å². The number of nitro groups is 1. The van der Waals surface area contributed by atoms with E-state index in [1.165, 1.54) is 11.1 Å². The number of likely N-dealkylation sites (tertiary alicyclic amines) is 1. The van der Waals surface area contributed by atoms with Crippen LogP contribution in [0.3, 0.4) is 0 Å². The molecule has 3 aromatic rings. The molecule has 7 nitrogen and oxygen atoms in total. The number of aryl methyl sites for hydroxylation is 1. The highest BCUT2D eigenvalue weighted by Gasteiger charge is 2.35. The van der Waals surface area contributed by atoms with Crippen molar-refractivity contribution in [2.24, 2.45) is 5.92 Å². The van der Waals surface area contributed by atoms with Crippen molar-refractivity contribution < 1.29 is 9.72 Å². The number of aromatic nitrogens is 1. The second-order valence-electron chi connectivity index (χ2n) is 9.16. The Morgan fingerprint density at radius 2 is 1.82 bits per heavy atom. The standard InChI is InChI=1S/C27H30N4O3/c1-20-5-9-24(10-6-20)27-19-29(15-22-7-11-26(12-8-22)31(33)34)17-25(27)18-30(21(2)32)16-23-4-3-13-28-14-23/h3-14,25,27H,15-19H2,1-2H3. The van der Waals surface area contributed by atoms with Gasteiger partial charge in [0.15, 0.2) is 0 Å². The Bertz CT molecular complexity index is 1120. The molecule has 0 bridgehead atoms. The second kappa shape index (κ2) is 10.6. The van der Waals surface area contributed by atoms with Gasteiger partial charge in [-0.3, -0.25) is 24.8 Å². The highest BCUT2D eigenvalue weighted by Crippen LogP contribution is 2.34. The fourth-order valence-corrected chi connectivity index (χ4v) is 4.75. The third-order valence-corrected chi connectivity index (χ3v) is 6.57. The summed E-state index contributed by atoms with van der Waals surface area (Å²) in [6.45, 7) is 7.38. The molecule has 1 saturated heterocycles. The van der Waals surface area contributed by atoms with E-state index in [0.29, 0.717) is 19.0 Å². The Labute approximate surface area is 200 Å². The van der Waals surface area contributed by atoms with Gasteiger partial charge >= 0.3 is 0 Å². The summed E-state index contributed by atoms with van der Waals surface area (Å²) in [6.07, 6.45) is 3.55. The van der Waals surface area contributed by atoms with Crippen molar-refractivity contribution in [3.05, 3.63) is 105 Å². The van der Waals surface area contributed by atoms with E-state index in [2.05, 4.69) is 41.1 Å². The summed E-state index contributed by atoms with van der Waals surface area (Å²) in [6, 6.07) is 19.3. The van der Waals surface area contributed by atoms with Gasteiger partial charge in [-0.2, -0.15) is 0 Å². The van der Waals surface area contributed by atoms with Gasteiger partial charge in [0.2, 0.25) is 5.91 Å². The molecule has 1 aliphatic rings. The normalized spacial score (nSPS) is 18.1. The molecular formula is C27H30N4O3. The van der Waals surface area contributed by atoms with Gasteiger partial charge in [0, 0.05) is 70.1 Å². The topological polar surface area (TPSA) is 79.6 Å². The van der Waals surface area contributed by atoms with Crippen LogP contribution in [-0.4, -0.2) is 45.2 Å². The zero-order valence-corrected chi connectivity index (χ0v) is 19.6. The summed E-state index contributed by atoms with van der Waals surface area (Å²) in [4.78, 5) is 31.6. The maximum absolute atomic E-state index is 12.5. The quantitative estimate of drug-likeness (QED) is 0.365. The molecule has 7 heteroatoms. The van der Waals surface area contributed by atoms with Crippen LogP contribution in [0.4, 0.5) is 5.69 Å². The third kappa shape index (κ3) is 5.85. The molecule has 2 aromatic carbocycles. The lowest BCUT2D eigenvalue weighted by Crippen LogP contribution is -2.35. The van der Waals surface area contributed by atoms with E-state index < -0.39 is 0 Å². The van der Waals surface area contributed by atoms with E-state index in [0.717, 1.165) is 30.8 Å². The number of non-ortho nitro benzene ring substituents is 1. The average molecular weight is 459 g/mol. The van der Waals surface area contributed by atoms with Crippen LogP contribution in [0.1, 0.15) is 35.1 Å². The summed E-state index contributed by atoms with van der Waals surface area (Å²) >= 11 is 0. The summed E-state index contributed by atoms with van der Waals surface area (Å²) in [5.41, 5.74) is 4.68. The van der Waals surface area contributed by atoms with Gasteiger partial charge in [0.1, 0.15) is 0 Å². The van der Waals surface area contributed by atoms with Crippen LogP contribution in [0, 0.1) is 23.0 Å². The number of hydrogen-bond donors (Lipinski definition) is 0. The molecule has 0 aliphatic carbocycles. The Morgan fingerprint density at radius 1 is 1.09 bits per heavy atom. The van der Waals surface area contributed by atoms with E-state index in [9.17, 15) is 14.9 Å². The van der Waals surface area contributed by atoms with Crippen molar-refractivity contribution in [3.8, 4) is 0 Å². The highest BCUT2D eigenvalue weighted by molar-refractivity contribution is 5.73. The molecule has 1 amide bonds. The number of hydrogen-bond acceptors (Lipinski definition) is 5. The minimum atomic E-state index is -0.373. The summed E-state index contributed by atoms with van der Waals surface area (Å²) in [7, 11) is 0. The summed E-state index contributed by atoms with van der Waals surface area (Å²) in [5.74, 6) is 0.635. The highest BCUT2D eigenvalue weighted by atomic mass is 16.6. The Balaban J connectivity index is 1.52. The smallest absolute Gasteiger partial charge is 0.269 e. The fourth-order valence-electron chi connectivity index (χ4n) is 4.75. The van der Waals surface area contributed by atoms with E-state index in [1.54, 1.807) is 25.3 Å². The molecule has 1 fully saturated rings. The number of rotatable bonds is 8. The van der Waals surface area contributed by atoms with Crippen molar-refractivity contribution in [1.29, 1.82) is 0 Å². The first-order valence-corrected chi connectivity index (χ1v) is 11.6. The van der Waals surface area contributed by atoms with Gasteiger partial charge in [0.25, 0.3) is 5.69 Å². The molecule has 2 atom stereocenters. The van der Waals surface area contributed by atoms with Gasteiger partial charge in [-0.25, -0.2) is 0 Å². The van der Waals surface area contributed by atoms with Crippen LogP contribution < -0.4 is 0 Å². The van der Waals surface area contributed by atoms with Crippen LogP contribution in [0.25, 0.3) is 0 Å². The molecule has 34 heavy (non-hydrogen) atoms. The number of nitrogens with zero attached hydrogens (tertiary/aromatic N) is 4. The third-order valence-electron chi connectivity index (χ3n) is 6.57. The number of nitro benzene ring substituents is 1. The van der Waals surface area contributed by atoms with E-state index >= 15 is 0 Å². The summed E-state index contributed by atoms with van der Waals surface area (Å²) < 4.78 is 0. The first-order chi connectivity index (χ1) is 16.4. The Morgan fingerprint density at radius 3 is 2.44 bits per heavy atom. The minimum absolute atomic E-state index is 0.0559. The lowest BCUT2D eigenvalue weighted by molar-refractivity contribution is -0.384. The maximum atomic E-state index is 12.5. The zero-order chi connectivity index (χ0) is 24.1. The molecular weight excluding hydrogens is 428 g/mol. The van der Waals surface area contributed by atoms with E-state index in [4.69, 9.17) is 0 Å². The predicted octanol–water partition coefficient (Wildman–Crippen LogP) is 4.56. The van der Waals surface area contributed by atoms with E-state index in [1.807, 2.05) is 35.4 Å². The van der Waals surface area contributed by atoms with Crippen molar-refractivity contribution in [2.45, 2.75) is 32.9 Å². The lowest BCUT2D eigenvalue weighted by atomic mass is 9.88.